The molecule has 1 unspecified atom stereocenters. The molecule has 130 valence electrons. The Morgan fingerprint density at radius 2 is 1.50 bits per heavy atom. The van der Waals surface area contributed by atoms with Crippen LogP contribution in [0, 0.1) is 0 Å². The molecule has 0 radical (unpaired) electrons. The Kier molecular flexibility index (Phi) is 4.96. The van der Waals surface area contributed by atoms with Gasteiger partial charge in [-0.1, -0.05) is 80.4 Å². The molecule has 26 heavy (non-hydrogen) atoms. The van der Waals surface area contributed by atoms with Crippen LogP contribution in [-0.4, -0.2) is 5.91 Å². The van der Waals surface area contributed by atoms with Gasteiger partial charge in [0.2, 0.25) is 5.91 Å². The number of amides is 1. The van der Waals surface area contributed by atoms with Crippen molar-refractivity contribution in [3.8, 4) is 0 Å². The molecule has 0 saturated carbocycles. The molecule has 3 aromatic carbocycles. The lowest BCUT2D eigenvalue weighted by molar-refractivity contribution is -0.119. The average Bonchev–Trinajstić information content (AvgIpc) is 2.89. The molecule has 1 heterocycles. The minimum atomic E-state index is -0.136. The second kappa shape index (κ2) is 7.37. The third kappa shape index (κ3) is 3.49. The van der Waals surface area contributed by atoms with E-state index in [2.05, 4.69) is 68.3 Å². The molecular formula is C22H17Br2NO. The molecule has 1 atom stereocenters. The summed E-state index contributed by atoms with van der Waals surface area (Å²) in [7, 11) is 0. The molecule has 3 aromatic rings. The maximum Gasteiger partial charge on any atom is 0.235 e. The Bertz CT molecular complexity index is 938. The van der Waals surface area contributed by atoms with Gasteiger partial charge in [-0.2, -0.15) is 0 Å². The molecule has 0 fully saturated rings. The molecule has 1 aliphatic heterocycles. The lowest BCUT2D eigenvalue weighted by Crippen LogP contribution is -2.28. The number of benzene rings is 3. The van der Waals surface area contributed by atoms with Crippen LogP contribution in [0.5, 0.6) is 0 Å². The van der Waals surface area contributed by atoms with Crippen LogP contribution in [0.4, 0.5) is 5.69 Å². The van der Waals surface area contributed by atoms with Crippen molar-refractivity contribution in [2.45, 2.75) is 18.9 Å². The Hall–Kier alpha value is -1.91. The highest BCUT2D eigenvalue weighted by Gasteiger charge is 2.37. The minimum absolute atomic E-state index is 0.136. The molecule has 1 amide bonds. The van der Waals surface area contributed by atoms with Crippen LogP contribution in [-0.2, 0) is 17.8 Å². The van der Waals surface area contributed by atoms with E-state index in [1.165, 1.54) is 5.56 Å². The minimum Gasteiger partial charge on any atom is -0.307 e. The van der Waals surface area contributed by atoms with Crippen molar-refractivity contribution < 1.29 is 4.79 Å². The largest absolute Gasteiger partial charge is 0.307 e. The molecular weight excluding hydrogens is 454 g/mol. The summed E-state index contributed by atoms with van der Waals surface area (Å²) in [5.74, 6) is 0.0351. The first kappa shape index (κ1) is 17.5. The Balaban J connectivity index is 1.68. The molecule has 0 aliphatic carbocycles. The van der Waals surface area contributed by atoms with Gasteiger partial charge in [-0.25, -0.2) is 0 Å². The highest BCUT2D eigenvalue weighted by Crippen LogP contribution is 2.41. The topological polar surface area (TPSA) is 20.3 Å². The molecule has 0 N–H and O–H groups in total. The zero-order valence-electron chi connectivity index (χ0n) is 14.0. The third-order valence-corrected chi connectivity index (χ3v) is 5.78. The van der Waals surface area contributed by atoms with Gasteiger partial charge >= 0.3 is 0 Å². The van der Waals surface area contributed by atoms with E-state index in [9.17, 15) is 4.79 Å². The number of hydrogen-bond donors (Lipinski definition) is 0. The Morgan fingerprint density at radius 1 is 0.808 bits per heavy atom. The molecule has 0 bridgehead atoms. The summed E-state index contributed by atoms with van der Waals surface area (Å²) in [6.07, 6.45) is 0.714. The SMILES string of the molecule is O=C1C(Cc2ccc(Br)cc2)c2ccc(Br)cc2N1Cc1ccccc1. The van der Waals surface area contributed by atoms with Crippen LogP contribution >= 0.6 is 31.9 Å². The quantitative estimate of drug-likeness (QED) is 0.452. The lowest BCUT2D eigenvalue weighted by Gasteiger charge is -2.18. The first-order chi connectivity index (χ1) is 12.6. The number of nitrogens with zero attached hydrogens (tertiary/aromatic N) is 1. The molecule has 0 saturated heterocycles. The maximum atomic E-state index is 13.3. The maximum absolute atomic E-state index is 13.3. The fourth-order valence-corrected chi connectivity index (χ4v) is 4.08. The van der Waals surface area contributed by atoms with E-state index < -0.39 is 0 Å². The van der Waals surface area contributed by atoms with Crippen molar-refractivity contribution in [1.29, 1.82) is 0 Å². The highest BCUT2D eigenvalue weighted by atomic mass is 79.9. The summed E-state index contributed by atoms with van der Waals surface area (Å²) in [5.41, 5.74) is 4.42. The van der Waals surface area contributed by atoms with Crippen LogP contribution in [0.25, 0.3) is 0 Å². The van der Waals surface area contributed by atoms with Crippen molar-refractivity contribution in [2.24, 2.45) is 0 Å². The zero-order valence-corrected chi connectivity index (χ0v) is 17.2. The van der Waals surface area contributed by atoms with E-state index in [0.29, 0.717) is 13.0 Å². The summed E-state index contributed by atoms with van der Waals surface area (Å²) in [6, 6.07) is 24.5. The van der Waals surface area contributed by atoms with E-state index in [0.717, 1.165) is 25.8 Å². The van der Waals surface area contributed by atoms with Crippen molar-refractivity contribution in [2.75, 3.05) is 4.90 Å². The van der Waals surface area contributed by atoms with Gasteiger partial charge in [-0.15, -0.1) is 0 Å². The van der Waals surface area contributed by atoms with Gasteiger partial charge in [0.05, 0.1) is 12.5 Å². The molecule has 4 rings (SSSR count). The van der Waals surface area contributed by atoms with E-state index in [1.54, 1.807) is 0 Å². The van der Waals surface area contributed by atoms with Crippen LogP contribution < -0.4 is 4.90 Å². The normalized spacial score (nSPS) is 16.0. The smallest absolute Gasteiger partial charge is 0.235 e. The molecule has 0 spiro atoms. The van der Waals surface area contributed by atoms with Crippen molar-refractivity contribution >= 4 is 43.5 Å². The summed E-state index contributed by atoms with van der Waals surface area (Å²) in [4.78, 5) is 15.2. The van der Waals surface area contributed by atoms with Gasteiger partial charge in [-0.3, -0.25) is 4.79 Å². The molecule has 1 aliphatic rings. The van der Waals surface area contributed by atoms with Crippen molar-refractivity contribution in [3.63, 3.8) is 0 Å². The second-order valence-corrected chi connectivity index (χ2v) is 8.33. The lowest BCUT2D eigenvalue weighted by atomic mass is 9.93. The first-order valence-corrected chi connectivity index (χ1v) is 10.1. The number of fused-ring (bicyclic) bond motifs is 1. The van der Waals surface area contributed by atoms with Crippen LogP contribution in [0.1, 0.15) is 22.6 Å². The second-order valence-electron chi connectivity index (χ2n) is 6.50. The van der Waals surface area contributed by atoms with Gasteiger partial charge in [-0.05, 0) is 47.4 Å². The molecule has 2 nitrogen and oxygen atoms in total. The van der Waals surface area contributed by atoms with Gasteiger partial charge in [0.15, 0.2) is 0 Å². The molecule has 4 heteroatoms. The van der Waals surface area contributed by atoms with Gasteiger partial charge < -0.3 is 4.90 Å². The van der Waals surface area contributed by atoms with E-state index in [4.69, 9.17) is 0 Å². The monoisotopic (exact) mass is 469 g/mol. The van der Waals surface area contributed by atoms with E-state index in [-0.39, 0.29) is 11.8 Å². The van der Waals surface area contributed by atoms with Crippen LogP contribution in [0.2, 0.25) is 0 Å². The summed E-state index contributed by atoms with van der Waals surface area (Å²) < 4.78 is 2.04. The third-order valence-electron chi connectivity index (χ3n) is 4.76. The fraction of sp³-hybridized carbons (Fsp3) is 0.136. The van der Waals surface area contributed by atoms with Crippen LogP contribution in [0.3, 0.4) is 0 Å². The average molecular weight is 471 g/mol. The number of carbonyl (C=O) groups is 1. The fourth-order valence-electron chi connectivity index (χ4n) is 3.47. The number of rotatable bonds is 4. The van der Waals surface area contributed by atoms with Crippen molar-refractivity contribution in [3.05, 3.63) is 98.4 Å². The number of halogens is 2. The summed E-state index contributed by atoms with van der Waals surface area (Å²) in [5, 5.41) is 0. The number of carbonyl (C=O) groups excluding carboxylic acids is 1. The van der Waals surface area contributed by atoms with Gasteiger partial charge in [0.1, 0.15) is 0 Å². The van der Waals surface area contributed by atoms with Gasteiger partial charge in [0.25, 0.3) is 0 Å². The van der Waals surface area contributed by atoms with Gasteiger partial charge in [0, 0.05) is 14.6 Å². The Morgan fingerprint density at radius 3 is 2.23 bits per heavy atom. The summed E-state index contributed by atoms with van der Waals surface area (Å²) in [6.45, 7) is 0.597. The van der Waals surface area contributed by atoms with E-state index >= 15 is 0 Å². The van der Waals surface area contributed by atoms with Crippen molar-refractivity contribution in [1.82, 2.24) is 0 Å². The number of hydrogen-bond acceptors (Lipinski definition) is 1. The standard InChI is InChI=1S/C22H17Br2NO/c23-17-8-6-15(7-9-17)12-20-19-11-10-18(24)13-21(19)25(22(20)26)14-16-4-2-1-3-5-16/h1-11,13,20H,12,14H2. The highest BCUT2D eigenvalue weighted by molar-refractivity contribution is 9.10. The zero-order chi connectivity index (χ0) is 18.1. The predicted molar refractivity (Wildman–Crippen MR) is 112 cm³/mol. The number of anilines is 1. The first-order valence-electron chi connectivity index (χ1n) is 8.51. The van der Waals surface area contributed by atoms with Crippen LogP contribution in [0.15, 0.2) is 81.7 Å². The summed E-state index contributed by atoms with van der Waals surface area (Å²) >= 11 is 7.02. The predicted octanol–water partition coefficient (Wildman–Crippen LogP) is 6.08. The molecule has 0 aromatic heterocycles. The Labute approximate surface area is 170 Å². The van der Waals surface area contributed by atoms with E-state index in [1.807, 2.05) is 41.3 Å².